The number of aryl methyl sites for hydroxylation is 1. The second-order valence-electron chi connectivity index (χ2n) is 10.6. The highest BCUT2D eigenvalue weighted by Crippen LogP contribution is 2.29. The molecule has 1 atom stereocenters. The van der Waals surface area contributed by atoms with Crippen molar-refractivity contribution in [2.24, 2.45) is 0 Å². The Morgan fingerprint density at radius 1 is 0.905 bits per heavy atom. The van der Waals surface area contributed by atoms with Gasteiger partial charge >= 0.3 is 0 Å². The van der Waals surface area contributed by atoms with Crippen molar-refractivity contribution < 1.29 is 18.0 Å². The molecule has 7 nitrogen and oxygen atoms in total. The zero-order valence-corrected chi connectivity index (χ0v) is 27.1. The topological polar surface area (TPSA) is 86.8 Å². The normalized spacial score (nSPS) is 12.2. The van der Waals surface area contributed by atoms with Crippen LogP contribution in [0.2, 0.25) is 10.0 Å². The van der Waals surface area contributed by atoms with Crippen LogP contribution in [0.1, 0.15) is 63.1 Å². The van der Waals surface area contributed by atoms with Crippen LogP contribution in [-0.4, -0.2) is 44.3 Å². The number of carbonyl (C=O) groups is 2. The van der Waals surface area contributed by atoms with E-state index in [0.29, 0.717) is 27.8 Å². The van der Waals surface area contributed by atoms with Crippen LogP contribution >= 0.6 is 23.2 Å². The first kappa shape index (κ1) is 33.4. The van der Waals surface area contributed by atoms with Gasteiger partial charge in [-0.25, -0.2) is 8.42 Å². The quantitative estimate of drug-likeness (QED) is 0.207. The van der Waals surface area contributed by atoms with Gasteiger partial charge in [-0.1, -0.05) is 86.3 Å². The summed E-state index contributed by atoms with van der Waals surface area (Å²) < 4.78 is 29.1. The fourth-order valence-electron chi connectivity index (χ4n) is 4.36. The Hall–Kier alpha value is -3.07. The van der Waals surface area contributed by atoms with Gasteiger partial charge in [0.15, 0.2) is 0 Å². The highest BCUT2D eigenvalue weighted by Gasteiger charge is 2.33. The number of amides is 2. The van der Waals surface area contributed by atoms with Gasteiger partial charge in [-0.2, -0.15) is 0 Å². The maximum atomic E-state index is 14.1. The lowest BCUT2D eigenvalue weighted by molar-refractivity contribution is -0.139. The summed E-state index contributed by atoms with van der Waals surface area (Å²) in [7, 11) is -4.15. The molecular weight excluding hydrogens is 593 g/mol. The molecule has 1 N–H and O–H groups in total. The van der Waals surface area contributed by atoms with E-state index in [1.54, 1.807) is 49.4 Å². The Kier molecular flexibility index (Phi) is 11.9. The minimum absolute atomic E-state index is 0.0555. The number of sulfonamides is 1. The molecule has 0 bridgehead atoms. The molecule has 3 rings (SSSR count). The number of halogens is 2. The minimum atomic E-state index is -4.15. The number of benzene rings is 3. The molecule has 0 saturated heterocycles. The lowest BCUT2D eigenvalue weighted by Crippen LogP contribution is -2.51. The van der Waals surface area contributed by atoms with Crippen LogP contribution in [0.25, 0.3) is 0 Å². The lowest BCUT2D eigenvalue weighted by Gasteiger charge is -2.32. The van der Waals surface area contributed by atoms with E-state index in [-0.39, 0.29) is 23.3 Å². The van der Waals surface area contributed by atoms with Crippen LogP contribution in [-0.2, 0) is 26.2 Å². The van der Waals surface area contributed by atoms with Crippen LogP contribution in [0.5, 0.6) is 0 Å². The standard InChI is InChI=1S/C32H39Cl2N3O4S/c1-6-7-19-35-32(39)24(5)36(20-28-29(33)9-8-10-30(28)34)31(38)21-37(26-15-13-25(14-16-26)22(2)3)42(40,41)27-17-11-23(4)12-18-27/h8-18,22,24H,6-7,19-21H2,1-5H3,(H,35,39)/t24-/m1/s1. The van der Waals surface area contributed by atoms with E-state index in [4.69, 9.17) is 23.2 Å². The molecule has 0 heterocycles. The third-order valence-electron chi connectivity index (χ3n) is 7.12. The summed E-state index contributed by atoms with van der Waals surface area (Å²) >= 11 is 12.9. The fraction of sp³-hybridized carbons (Fsp3) is 0.375. The monoisotopic (exact) mass is 631 g/mol. The molecule has 0 aliphatic carbocycles. The smallest absolute Gasteiger partial charge is 0.264 e. The third kappa shape index (κ3) is 8.27. The van der Waals surface area contributed by atoms with E-state index in [2.05, 4.69) is 5.32 Å². The molecular formula is C32H39Cl2N3O4S. The molecule has 0 saturated carbocycles. The van der Waals surface area contributed by atoms with Crippen LogP contribution in [0.3, 0.4) is 0 Å². The van der Waals surface area contributed by atoms with E-state index < -0.39 is 28.5 Å². The number of carbonyl (C=O) groups excluding carboxylic acids is 2. The summed E-state index contributed by atoms with van der Waals surface area (Å²) in [6, 6.07) is 17.7. The molecule has 0 spiro atoms. The van der Waals surface area contributed by atoms with E-state index >= 15 is 0 Å². The SMILES string of the molecule is CCCCNC(=O)[C@@H](C)N(Cc1c(Cl)cccc1Cl)C(=O)CN(c1ccc(C(C)C)cc1)S(=O)(=O)c1ccc(C)cc1. The molecule has 3 aromatic carbocycles. The third-order valence-corrected chi connectivity index (χ3v) is 9.62. The van der Waals surface area contributed by atoms with Gasteiger partial charge < -0.3 is 10.2 Å². The predicted octanol–water partition coefficient (Wildman–Crippen LogP) is 6.95. The molecule has 0 fully saturated rings. The summed E-state index contributed by atoms with van der Waals surface area (Å²) in [5, 5.41) is 3.55. The maximum absolute atomic E-state index is 14.1. The maximum Gasteiger partial charge on any atom is 0.264 e. The number of rotatable bonds is 13. The lowest BCUT2D eigenvalue weighted by atomic mass is 10.0. The average molecular weight is 633 g/mol. The van der Waals surface area contributed by atoms with Crippen molar-refractivity contribution in [3.8, 4) is 0 Å². The summed E-state index contributed by atoms with van der Waals surface area (Å²) in [4.78, 5) is 28.6. The van der Waals surface area contributed by atoms with Gasteiger partial charge in [-0.05, 0) is 68.1 Å². The van der Waals surface area contributed by atoms with Crippen LogP contribution in [0.15, 0.2) is 71.6 Å². The first-order valence-electron chi connectivity index (χ1n) is 14.1. The minimum Gasteiger partial charge on any atom is -0.354 e. The van der Waals surface area contributed by atoms with Crippen LogP contribution < -0.4 is 9.62 Å². The second-order valence-corrected chi connectivity index (χ2v) is 13.3. The number of nitrogens with one attached hydrogen (secondary N) is 1. The summed E-state index contributed by atoms with van der Waals surface area (Å²) in [5.74, 6) is -0.687. The van der Waals surface area contributed by atoms with E-state index in [1.807, 2.05) is 39.8 Å². The van der Waals surface area contributed by atoms with Crippen LogP contribution in [0, 0.1) is 6.92 Å². The van der Waals surface area contributed by atoms with E-state index in [9.17, 15) is 18.0 Å². The zero-order valence-electron chi connectivity index (χ0n) is 24.7. The van der Waals surface area contributed by atoms with Crippen molar-refractivity contribution >= 4 is 50.7 Å². The molecule has 0 aliphatic heterocycles. The highest BCUT2D eigenvalue weighted by atomic mass is 35.5. The van der Waals surface area contributed by atoms with Gasteiger partial charge in [0.1, 0.15) is 12.6 Å². The molecule has 0 radical (unpaired) electrons. The summed E-state index contributed by atoms with van der Waals surface area (Å²) in [5.41, 5.74) is 2.74. The zero-order chi connectivity index (χ0) is 31.0. The molecule has 2 amide bonds. The largest absolute Gasteiger partial charge is 0.354 e. The molecule has 0 aromatic heterocycles. The number of unbranched alkanes of at least 4 members (excludes halogenated alkanes) is 1. The number of hydrogen-bond donors (Lipinski definition) is 1. The van der Waals surface area contributed by atoms with Crippen molar-refractivity contribution in [1.82, 2.24) is 10.2 Å². The Morgan fingerprint density at radius 2 is 1.50 bits per heavy atom. The van der Waals surface area contributed by atoms with Gasteiger partial charge in [0.05, 0.1) is 10.6 Å². The second kappa shape index (κ2) is 14.9. The molecule has 0 aliphatic rings. The predicted molar refractivity (Wildman–Crippen MR) is 171 cm³/mol. The van der Waals surface area contributed by atoms with Gasteiger partial charge in [0.25, 0.3) is 10.0 Å². The van der Waals surface area contributed by atoms with Crippen molar-refractivity contribution in [2.75, 3.05) is 17.4 Å². The molecule has 10 heteroatoms. The molecule has 226 valence electrons. The Labute approximate surface area is 259 Å². The highest BCUT2D eigenvalue weighted by molar-refractivity contribution is 7.92. The first-order valence-corrected chi connectivity index (χ1v) is 16.3. The molecule has 0 unspecified atom stereocenters. The van der Waals surface area contributed by atoms with Gasteiger partial charge in [0, 0.05) is 28.7 Å². The van der Waals surface area contributed by atoms with Gasteiger partial charge in [-0.3, -0.25) is 13.9 Å². The first-order chi connectivity index (χ1) is 19.9. The number of nitrogens with zero attached hydrogens (tertiary/aromatic N) is 2. The summed E-state index contributed by atoms with van der Waals surface area (Å²) in [6.45, 7) is 9.43. The van der Waals surface area contributed by atoms with Gasteiger partial charge in [-0.15, -0.1) is 0 Å². The molecule has 42 heavy (non-hydrogen) atoms. The molecule has 3 aromatic rings. The van der Waals surface area contributed by atoms with E-state index in [0.717, 1.165) is 28.3 Å². The average Bonchev–Trinajstić information content (AvgIpc) is 2.95. The van der Waals surface area contributed by atoms with Crippen LogP contribution in [0.4, 0.5) is 5.69 Å². The Bertz CT molecular complexity index is 1460. The van der Waals surface area contributed by atoms with Crippen molar-refractivity contribution in [1.29, 1.82) is 0 Å². The van der Waals surface area contributed by atoms with Gasteiger partial charge in [0.2, 0.25) is 11.8 Å². The van der Waals surface area contributed by atoms with Crippen molar-refractivity contribution in [2.45, 2.75) is 70.9 Å². The van der Waals surface area contributed by atoms with Crippen molar-refractivity contribution in [3.05, 3.63) is 93.5 Å². The Morgan fingerprint density at radius 3 is 2.05 bits per heavy atom. The van der Waals surface area contributed by atoms with Crippen molar-refractivity contribution in [3.63, 3.8) is 0 Å². The fourth-order valence-corrected chi connectivity index (χ4v) is 6.30. The summed E-state index contributed by atoms with van der Waals surface area (Å²) in [6.07, 6.45) is 1.69. The number of anilines is 1. The van der Waals surface area contributed by atoms with E-state index in [1.165, 1.54) is 17.0 Å². The number of hydrogen-bond acceptors (Lipinski definition) is 4. The Balaban J connectivity index is 2.05.